The molecule has 260 valence electrons. The molecule has 4 aromatic carbocycles. The van der Waals surface area contributed by atoms with Crippen molar-refractivity contribution < 1.29 is 19.1 Å². The Morgan fingerprint density at radius 2 is 0.840 bits per heavy atom. The van der Waals surface area contributed by atoms with E-state index in [0.717, 1.165) is 22.5 Å². The number of rotatable bonds is 12. The largest absolute Gasteiger partial charge is 0.497 e. The van der Waals surface area contributed by atoms with Gasteiger partial charge in [-0.1, -0.05) is 58.6 Å². The number of methoxy groups -OCH3 is 2. The molecule has 0 aliphatic heterocycles. The summed E-state index contributed by atoms with van der Waals surface area (Å²) in [5, 5.41) is 16.3. The van der Waals surface area contributed by atoms with Crippen LogP contribution in [0.25, 0.3) is 0 Å². The third kappa shape index (κ3) is 13.1. The van der Waals surface area contributed by atoms with Gasteiger partial charge in [-0.15, -0.1) is 0 Å². The maximum Gasteiger partial charge on any atom is 0.271 e. The van der Waals surface area contributed by atoms with Crippen molar-refractivity contribution in [1.29, 1.82) is 0 Å². The predicted octanol–water partition coefficient (Wildman–Crippen LogP) is 7.55. The van der Waals surface area contributed by atoms with Crippen LogP contribution >= 0.6 is 23.2 Å². The minimum atomic E-state index is -0.349. The first-order valence-corrected chi connectivity index (χ1v) is 15.8. The molecule has 0 atom stereocenters. The summed E-state index contributed by atoms with van der Waals surface area (Å²) in [7, 11) is 3.13. The third-order valence-electron chi connectivity index (χ3n) is 6.62. The standard InChI is InChI=1S/2C18H19ClN4O2/c2*1-12-4-8-15(9-5-12)21-22-17(19)13(2)20-23-18(24)14-6-10-16(25-3)11-7-14/h2*4-11,21H,1-3H3,(H,23,24)/b2*20-13+,22-17-. The monoisotopic (exact) mass is 716 g/mol. The number of halogens is 2. The van der Waals surface area contributed by atoms with Gasteiger partial charge in [-0.25, -0.2) is 10.9 Å². The quantitative estimate of drug-likeness (QED) is 0.0879. The highest BCUT2D eigenvalue weighted by Gasteiger charge is 2.08. The molecule has 4 rings (SSSR count). The minimum absolute atomic E-state index is 0.149. The van der Waals surface area contributed by atoms with Crippen molar-refractivity contribution in [3.05, 3.63) is 119 Å². The van der Waals surface area contributed by atoms with Gasteiger partial charge in [0.05, 0.1) is 37.0 Å². The fraction of sp³-hybridized carbons (Fsp3) is 0.167. The molecule has 4 N–H and O–H groups in total. The normalized spacial score (nSPS) is 11.8. The summed E-state index contributed by atoms with van der Waals surface area (Å²) in [5.41, 5.74) is 16.1. The van der Waals surface area contributed by atoms with Gasteiger partial charge in [0, 0.05) is 11.1 Å². The molecular formula is C36H38Cl2N8O4. The van der Waals surface area contributed by atoms with Gasteiger partial charge >= 0.3 is 0 Å². The minimum Gasteiger partial charge on any atom is -0.497 e. The lowest BCUT2D eigenvalue weighted by atomic mass is 10.2. The number of carbonyl (C=O) groups is 2. The number of aryl methyl sites for hydroxylation is 2. The highest BCUT2D eigenvalue weighted by Crippen LogP contribution is 2.13. The number of hydrazone groups is 4. The van der Waals surface area contributed by atoms with Crippen LogP contribution in [0.5, 0.6) is 11.5 Å². The van der Waals surface area contributed by atoms with Crippen LogP contribution in [0.15, 0.2) is 117 Å². The first-order chi connectivity index (χ1) is 24.0. The molecule has 0 saturated heterocycles. The van der Waals surface area contributed by atoms with Gasteiger partial charge in [0.25, 0.3) is 11.8 Å². The number of hydrogen-bond acceptors (Lipinski definition) is 10. The molecule has 2 amide bonds. The summed E-state index contributed by atoms with van der Waals surface area (Å²) in [6.45, 7) is 7.30. The summed E-state index contributed by atoms with van der Waals surface area (Å²) in [5.74, 6) is 0.651. The van der Waals surface area contributed by atoms with Gasteiger partial charge in [0.15, 0.2) is 10.3 Å². The molecular weight excluding hydrogens is 679 g/mol. The SMILES string of the molecule is COc1ccc(C(=O)N/N=C(C)/C(Cl)=N/Nc2ccc(C)cc2)cc1.COc1ccc(C(=O)N/N=C(C)/C(Cl)=N/Nc2ccc(C)cc2)cc1. The van der Waals surface area contributed by atoms with E-state index in [1.807, 2.05) is 62.4 Å². The molecule has 0 unspecified atom stereocenters. The van der Waals surface area contributed by atoms with Gasteiger partial charge in [-0.3, -0.25) is 20.4 Å². The van der Waals surface area contributed by atoms with E-state index in [1.165, 1.54) is 0 Å². The van der Waals surface area contributed by atoms with Crippen LogP contribution in [0.3, 0.4) is 0 Å². The second-order valence-corrected chi connectivity index (χ2v) is 11.2. The van der Waals surface area contributed by atoms with Gasteiger partial charge in [-0.05, 0) is 100 Å². The zero-order valence-electron chi connectivity index (χ0n) is 28.4. The summed E-state index contributed by atoms with van der Waals surface area (Å²) in [6.07, 6.45) is 0. The second kappa shape index (κ2) is 19.9. The van der Waals surface area contributed by atoms with Crippen LogP contribution in [0, 0.1) is 13.8 Å². The van der Waals surface area contributed by atoms with E-state index in [9.17, 15) is 9.59 Å². The summed E-state index contributed by atoms with van der Waals surface area (Å²) >= 11 is 12.1. The molecule has 0 spiro atoms. The third-order valence-corrected chi connectivity index (χ3v) is 7.34. The van der Waals surface area contributed by atoms with Crippen molar-refractivity contribution in [2.24, 2.45) is 20.4 Å². The Hall–Kier alpha value is -5.72. The van der Waals surface area contributed by atoms with Crippen LogP contribution < -0.4 is 31.2 Å². The van der Waals surface area contributed by atoms with Crippen molar-refractivity contribution in [3.63, 3.8) is 0 Å². The Bertz CT molecular complexity index is 1700. The van der Waals surface area contributed by atoms with E-state index in [4.69, 9.17) is 32.7 Å². The maximum absolute atomic E-state index is 12.0. The highest BCUT2D eigenvalue weighted by molar-refractivity contribution is 6.84. The number of nitrogens with zero attached hydrogens (tertiary/aromatic N) is 4. The number of ether oxygens (including phenoxy) is 2. The Morgan fingerprint density at radius 3 is 1.14 bits per heavy atom. The van der Waals surface area contributed by atoms with E-state index in [-0.39, 0.29) is 22.2 Å². The molecule has 14 heteroatoms. The Morgan fingerprint density at radius 1 is 0.520 bits per heavy atom. The molecule has 0 aromatic heterocycles. The number of nitrogens with one attached hydrogen (secondary N) is 4. The molecule has 0 heterocycles. The van der Waals surface area contributed by atoms with Crippen LogP contribution in [0.4, 0.5) is 11.4 Å². The first kappa shape index (κ1) is 38.7. The number of amides is 2. The van der Waals surface area contributed by atoms with Crippen molar-refractivity contribution in [2.45, 2.75) is 27.7 Å². The summed E-state index contributed by atoms with van der Waals surface area (Å²) in [6, 6.07) is 28.8. The number of anilines is 2. The predicted molar refractivity (Wildman–Crippen MR) is 203 cm³/mol. The summed E-state index contributed by atoms with van der Waals surface area (Å²) in [4.78, 5) is 24.1. The van der Waals surface area contributed by atoms with E-state index in [1.54, 1.807) is 76.6 Å². The number of carbonyl (C=O) groups excluding carboxylic acids is 2. The van der Waals surface area contributed by atoms with Crippen LogP contribution in [-0.2, 0) is 0 Å². The topological polar surface area (TPSA) is 150 Å². The second-order valence-electron chi connectivity index (χ2n) is 10.5. The highest BCUT2D eigenvalue weighted by atomic mass is 35.5. The number of hydrogen-bond donors (Lipinski definition) is 4. The average molecular weight is 718 g/mol. The molecule has 0 bridgehead atoms. The van der Waals surface area contributed by atoms with E-state index in [0.29, 0.717) is 34.0 Å². The molecule has 0 fully saturated rings. The fourth-order valence-corrected chi connectivity index (χ4v) is 3.79. The maximum atomic E-state index is 12.0. The molecule has 0 aliphatic rings. The van der Waals surface area contributed by atoms with Crippen molar-refractivity contribution >= 4 is 68.2 Å². The molecule has 12 nitrogen and oxygen atoms in total. The first-order valence-electron chi connectivity index (χ1n) is 15.1. The van der Waals surface area contributed by atoms with Gasteiger partial charge < -0.3 is 9.47 Å². The zero-order chi connectivity index (χ0) is 36.5. The van der Waals surface area contributed by atoms with Gasteiger partial charge in [0.2, 0.25) is 0 Å². The molecule has 0 saturated carbocycles. The van der Waals surface area contributed by atoms with Gasteiger partial charge in [0.1, 0.15) is 11.5 Å². The lowest BCUT2D eigenvalue weighted by molar-refractivity contribution is 0.0947. The van der Waals surface area contributed by atoms with Crippen LogP contribution in [0.2, 0.25) is 0 Å². The van der Waals surface area contributed by atoms with Crippen LogP contribution in [-0.4, -0.2) is 47.8 Å². The average Bonchev–Trinajstić information content (AvgIpc) is 3.15. The van der Waals surface area contributed by atoms with E-state index >= 15 is 0 Å². The molecule has 0 aliphatic carbocycles. The van der Waals surface area contributed by atoms with Crippen molar-refractivity contribution in [3.8, 4) is 11.5 Å². The number of benzene rings is 4. The molecule has 4 aromatic rings. The fourth-order valence-electron chi connectivity index (χ4n) is 3.62. The molecule has 50 heavy (non-hydrogen) atoms. The van der Waals surface area contributed by atoms with Crippen molar-refractivity contribution in [1.82, 2.24) is 10.9 Å². The molecule has 0 radical (unpaired) electrons. The Balaban J connectivity index is 0.000000270. The lowest BCUT2D eigenvalue weighted by Gasteiger charge is -2.04. The Labute approximate surface area is 301 Å². The smallest absolute Gasteiger partial charge is 0.271 e. The van der Waals surface area contributed by atoms with Crippen LogP contribution in [0.1, 0.15) is 45.7 Å². The Kier molecular flexibility index (Phi) is 15.4. The van der Waals surface area contributed by atoms with Gasteiger partial charge in [-0.2, -0.15) is 20.4 Å². The van der Waals surface area contributed by atoms with Crippen molar-refractivity contribution in [2.75, 3.05) is 25.1 Å². The zero-order valence-corrected chi connectivity index (χ0v) is 29.9. The van der Waals surface area contributed by atoms with E-state index in [2.05, 4.69) is 42.1 Å². The summed E-state index contributed by atoms with van der Waals surface area (Å²) < 4.78 is 10.1. The lowest BCUT2D eigenvalue weighted by Crippen LogP contribution is -2.20. The van der Waals surface area contributed by atoms with E-state index < -0.39 is 0 Å².